The van der Waals surface area contributed by atoms with Gasteiger partial charge in [-0.15, -0.1) is 0 Å². The Balaban J connectivity index is 2.15. The molecule has 0 spiro atoms. The van der Waals surface area contributed by atoms with E-state index in [2.05, 4.69) is 11.1 Å². The number of nitrogens with zero attached hydrogens (tertiary/aromatic N) is 2. The van der Waals surface area contributed by atoms with E-state index in [0.29, 0.717) is 23.7 Å². The first-order chi connectivity index (χ1) is 8.83. The number of pyridine rings is 1. The Hall–Kier alpha value is -2.54. The van der Waals surface area contributed by atoms with Crippen LogP contribution in [0.25, 0.3) is 0 Å². The Labute approximate surface area is 105 Å². The Bertz CT molecular complexity index is 562. The third-order valence-electron chi connectivity index (χ3n) is 2.41. The van der Waals surface area contributed by atoms with Crippen LogP contribution >= 0.6 is 0 Å². The molecular weight excluding hydrogens is 228 g/mol. The average molecular weight is 240 g/mol. The standard InChI is InChI=1S/C14H12N2O2/c1-17-13-5-4-11(8-15)7-14(13)18-10-12-3-2-6-16-9-12/h2-7,9H,10H2,1H3. The summed E-state index contributed by atoms with van der Waals surface area (Å²) in [4.78, 5) is 4.01. The van der Waals surface area contributed by atoms with E-state index in [9.17, 15) is 0 Å². The highest BCUT2D eigenvalue weighted by atomic mass is 16.5. The molecule has 1 heterocycles. The fourth-order valence-corrected chi connectivity index (χ4v) is 1.50. The van der Waals surface area contributed by atoms with Crippen molar-refractivity contribution < 1.29 is 9.47 Å². The molecule has 4 nitrogen and oxygen atoms in total. The van der Waals surface area contributed by atoms with Crippen molar-refractivity contribution >= 4 is 0 Å². The minimum atomic E-state index is 0.388. The minimum absolute atomic E-state index is 0.388. The van der Waals surface area contributed by atoms with E-state index in [4.69, 9.17) is 14.7 Å². The van der Waals surface area contributed by atoms with Gasteiger partial charge in [0.15, 0.2) is 11.5 Å². The second-order valence-corrected chi connectivity index (χ2v) is 3.63. The van der Waals surface area contributed by atoms with E-state index in [1.807, 2.05) is 12.1 Å². The van der Waals surface area contributed by atoms with E-state index in [1.54, 1.807) is 37.7 Å². The summed E-state index contributed by atoms with van der Waals surface area (Å²) >= 11 is 0. The number of nitriles is 1. The maximum atomic E-state index is 8.85. The first-order valence-corrected chi connectivity index (χ1v) is 5.43. The summed E-state index contributed by atoms with van der Waals surface area (Å²) in [5.74, 6) is 1.17. The molecule has 2 aromatic rings. The van der Waals surface area contributed by atoms with Gasteiger partial charge in [0.25, 0.3) is 0 Å². The van der Waals surface area contributed by atoms with Crippen molar-refractivity contribution in [3.8, 4) is 17.6 Å². The fraction of sp³-hybridized carbons (Fsp3) is 0.143. The number of hydrogen-bond acceptors (Lipinski definition) is 4. The predicted octanol–water partition coefficient (Wildman–Crippen LogP) is 2.54. The number of benzene rings is 1. The number of methoxy groups -OCH3 is 1. The smallest absolute Gasteiger partial charge is 0.162 e. The van der Waals surface area contributed by atoms with Crippen molar-refractivity contribution in [3.63, 3.8) is 0 Å². The molecule has 4 heteroatoms. The molecule has 0 aliphatic carbocycles. The molecule has 90 valence electrons. The van der Waals surface area contributed by atoms with Crippen molar-refractivity contribution in [2.24, 2.45) is 0 Å². The third kappa shape index (κ3) is 2.77. The van der Waals surface area contributed by atoms with E-state index in [-0.39, 0.29) is 0 Å². The Morgan fingerprint density at radius 3 is 2.83 bits per heavy atom. The SMILES string of the molecule is COc1ccc(C#N)cc1OCc1cccnc1. The summed E-state index contributed by atoms with van der Waals surface area (Å²) in [6, 6.07) is 10.9. The Morgan fingerprint density at radius 1 is 1.28 bits per heavy atom. The number of hydrogen-bond donors (Lipinski definition) is 0. The zero-order valence-electron chi connectivity index (χ0n) is 9.96. The lowest BCUT2D eigenvalue weighted by molar-refractivity contribution is 0.284. The summed E-state index contributed by atoms with van der Waals surface area (Å²) in [5, 5.41) is 8.85. The quantitative estimate of drug-likeness (QED) is 0.824. The highest BCUT2D eigenvalue weighted by molar-refractivity contribution is 5.46. The van der Waals surface area contributed by atoms with Gasteiger partial charge in [0.05, 0.1) is 18.7 Å². The summed E-state index contributed by atoms with van der Waals surface area (Å²) in [7, 11) is 1.57. The largest absolute Gasteiger partial charge is 0.493 e. The Morgan fingerprint density at radius 2 is 2.17 bits per heavy atom. The maximum absolute atomic E-state index is 8.85. The van der Waals surface area contributed by atoms with Crippen LogP contribution in [0.2, 0.25) is 0 Å². The summed E-state index contributed by atoms with van der Waals surface area (Å²) in [6.07, 6.45) is 3.45. The van der Waals surface area contributed by atoms with Crippen LogP contribution in [0, 0.1) is 11.3 Å². The molecular formula is C14H12N2O2. The van der Waals surface area contributed by atoms with Gasteiger partial charge in [0.1, 0.15) is 6.61 Å². The van der Waals surface area contributed by atoms with E-state index >= 15 is 0 Å². The molecule has 2 rings (SSSR count). The maximum Gasteiger partial charge on any atom is 0.162 e. The van der Waals surface area contributed by atoms with Crippen LogP contribution in [0.1, 0.15) is 11.1 Å². The van der Waals surface area contributed by atoms with Crippen molar-refractivity contribution in [1.82, 2.24) is 4.98 Å². The van der Waals surface area contributed by atoms with E-state index < -0.39 is 0 Å². The predicted molar refractivity (Wildman–Crippen MR) is 66.3 cm³/mol. The van der Waals surface area contributed by atoms with Gasteiger partial charge in [-0.05, 0) is 18.2 Å². The van der Waals surface area contributed by atoms with Gasteiger partial charge in [-0.3, -0.25) is 4.98 Å². The molecule has 0 unspecified atom stereocenters. The lowest BCUT2D eigenvalue weighted by Gasteiger charge is -2.10. The molecule has 18 heavy (non-hydrogen) atoms. The lowest BCUT2D eigenvalue weighted by Crippen LogP contribution is -1.98. The molecule has 0 atom stereocenters. The summed E-state index contributed by atoms with van der Waals surface area (Å²) < 4.78 is 10.8. The molecule has 0 N–H and O–H groups in total. The van der Waals surface area contributed by atoms with Gasteiger partial charge in [-0.25, -0.2) is 0 Å². The molecule has 0 aliphatic heterocycles. The second kappa shape index (κ2) is 5.69. The van der Waals surface area contributed by atoms with E-state index in [0.717, 1.165) is 5.56 Å². The highest BCUT2D eigenvalue weighted by Crippen LogP contribution is 2.28. The van der Waals surface area contributed by atoms with Gasteiger partial charge >= 0.3 is 0 Å². The van der Waals surface area contributed by atoms with Crippen LogP contribution in [-0.2, 0) is 6.61 Å². The number of ether oxygens (including phenoxy) is 2. The monoisotopic (exact) mass is 240 g/mol. The molecule has 1 aromatic carbocycles. The normalized spacial score (nSPS) is 9.56. The van der Waals surface area contributed by atoms with Crippen LogP contribution in [0.15, 0.2) is 42.7 Å². The van der Waals surface area contributed by atoms with Crippen molar-refractivity contribution in [2.45, 2.75) is 6.61 Å². The topological polar surface area (TPSA) is 55.1 Å². The lowest BCUT2D eigenvalue weighted by atomic mass is 10.2. The molecule has 0 bridgehead atoms. The zero-order chi connectivity index (χ0) is 12.8. The average Bonchev–Trinajstić information content (AvgIpc) is 2.45. The van der Waals surface area contributed by atoms with Crippen LogP contribution in [-0.4, -0.2) is 12.1 Å². The number of rotatable bonds is 4. The Kier molecular flexibility index (Phi) is 3.77. The van der Waals surface area contributed by atoms with Crippen LogP contribution in [0.3, 0.4) is 0 Å². The zero-order valence-corrected chi connectivity index (χ0v) is 9.96. The molecule has 0 aliphatic rings. The molecule has 1 aromatic heterocycles. The minimum Gasteiger partial charge on any atom is -0.493 e. The molecule has 0 fully saturated rings. The van der Waals surface area contributed by atoms with E-state index in [1.165, 1.54) is 0 Å². The van der Waals surface area contributed by atoms with Gasteiger partial charge < -0.3 is 9.47 Å². The highest BCUT2D eigenvalue weighted by Gasteiger charge is 2.06. The molecule has 0 radical (unpaired) electrons. The van der Waals surface area contributed by atoms with Gasteiger partial charge in [-0.2, -0.15) is 5.26 Å². The van der Waals surface area contributed by atoms with Crippen molar-refractivity contribution in [1.29, 1.82) is 5.26 Å². The first kappa shape index (κ1) is 11.9. The van der Waals surface area contributed by atoms with Crippen LogP contribution in [0.4, 0.5) is 0 Å². The van der Waals surface area contributed by atoms with Crippen molar-refractivity contribution in [3.05, 3.63) is 53.9 Å². The van der Waals surface area contributed by atoms with Crippen molar-refractivity contribution in [2.75, 3.05) is 7.11 Å². The molecule has 0 amide bonds. The second-order valence-electron chi connectivity index (χ2n) is 3.63. The summed E-state index contributed by atoms with van der Waals surface area (Å²) in [5.41, 5.74) is 1.50. The van der Waals surface area contributed by atoms with Gasteiger partial charge in [0, 0.05) is 24.0 Å². The molecule has 0 saturated carbocycles. The van der Waals surface area contributed by atoms with Gasteiger partial charge in [0.2, 0.25) is 0 Å². The summed E-state index contributed by atoms with van der Waals surface area (Å²) in [6.45, 7) is 0.388. The fourth-order valence-electron chi connectivity index (χ4n) is 1.50. The third-order valence-corrected chi connectivity index (χ3v) is 2.41. The van der Waals surface area contributed by atoms with Crippen LogP contribution < -0.4 is 9.47 Å². The first-order valence-electron chi connectivity index (χ1n) is 5.43. The number of aromatic nitrogens is 1. The van der Waals surface area contributed by atoms with Gasteiger partial charge in [-0.1, -0.05) is 6.07 Å². The van der Waals surface area contributed by atoms with Crippen LogP contribution in [0.5, 0.6) is 11.5 Å². The molecule has 0 saturated heterocycles.